The zero-order chi connectivity index (χ0) is 18.8. The van der Waals surface area contributed by atoms with Crippen molar-refractivity contribution in [3.8, 4) is 0 Å². The number of benzene rings is 1. The second-order valence-electron chi connectivity index (χ2n) is 7.38. The molecule has 1 aliphatic heterocycles. The fourth-order valence-electron chi connectivity index (χ4n) is 4.40. The van der Waals surface area contributed by atoms with Gasteiger partial charge in [-0.25, -0.2) is 0 Å². The Morgan fingerprint density at radius 2 is 2.30 bits per heavy atom. The predicted molar refractivity (Wildman–Crippen MR) is 103 cm³/mol. The number of hydrogen-bond donors (Lipinski definition) is 3. The smallest absolute Gasteiger partial charge is 0.321 e. The molecule has 1 saturated heterocycles. The molecule has 2 aromatic rings. The Kier molecular flexibility index (Phi) is 5.18. The van der Waals surface area contributed by atoms with E-state index >= 15 is 0 Å². The van der Waals surface area contributed by atoms with Crippen molar-refractivity contribution < 1.29 is 19.4 Å². The number of allylic oxidation sites excluding steroid dienone is 1. The summed E-state index contributed by atoms with van der Waals surface area (Å²) in [6, 6.07) is 7.09. The lowest BCUT2D eigenvalue weighted by molar-refractivity contribution is -0.140. The van der Waals surface area contributed by atoms with Gasteiger partial charge in [0.25, 0.3) is 0 Å². The molecule has 6 nitrogen and oxygen atoms in total. The van der Waals surface area contributed by atoms with Crippen LogP contribution in [0.5, 0.6) is 0 Å². The first-order chi connectivity index (χ1) is 13.2. The van der Waals surface area contributed by atoms with Crippen molar-refractivity contribution >= 4 is 16.9 Å². The number of aliphatic carboxylic acids is 1. The number of aromatic nitrogens is 1. The van der Waals surface area contributed by atoms with Crippen molar-refractivity contribution in [1.82, 2.24) is 10.3 Å². The second kappa shape index (κ2) is 7.74. The summed E-state index contributed by atoms with van der Waals surface area (Å²) in [7, 11) is 1.70. The van der Waals surface area contributed by atoms with Crippen LogP contribution in [0.3, 0.4) is 0 Å². The number of nitrogens with one attached hydrogen (secondary N) is 2. The largest absolute Gasteiger partial charge is 0.496 e. The number of carbonyl (C=O) groups is 1. The van der Waals surface area contributed by atoms with Gasteiger partial charge in [0, 0.05) is 36.5 Å². The minimum atomic E-state index is -0.861. The fraction of sp³-hybridized carbons (Fsp3) is 0.476. The van der Waals surface area contributed by atoms with Crippen LogP contribution in [0.2, 0.25) is 0 Å². The quantitative estimate of drug-likeness (QED) is 0.728. The normalized spacial score (nSPS) is 26.1. The first-order valence-corrected chi connectivity index (χ1v) is 9.57. The Morgan fingerprint density at radius 1 is 1.44 bits per heavy atom. The van der Waals surface area contributed by atoms with Crippen molar-refractivity contribution in [2.45, 2.75) is 43.9 Å². The summed E-state index contributed by atoms with van der Waals surface area (Å²) in [6.07, 6.45) is 7.55. The van der Waals surface area contributed by atoms with Crippen molar-refractivity contribution in [2.24, 2.45) is 5.92 Å². The summed E-state index contributed by atoms with van der Waals surface area (Å²) < 4.78 is 11.7. The van der Waals surface area contributed by atoms with Crippen molar-refractivity contribution in [3.05, 3.63) is 47.9 Å². The molecule has 3 N–H and O–H groups in total. The molecule has 144 valence electrons. The number of H-pyrrole nitrogens is 1. The Hall–Kier alpha value is -2.31. The molecule has 0 amide bonds. The minimum absolute atomic E-state index is 0.0740. The molecule has 2 heterocycles. The standard InChI is InChI=1S/C21H26N2O4/c1-26-20-15-7-3-5-9-19(15)27-12-18(20)23-17(21(24)25)10-13-11-22-16-8-4-2-6-14(13)16/h2,4,6,8-9,11,15,17-18,20,22-23H,3,5,7,10,12H2,1H3,(H,24,25). The molecule has 0 bridgehead atoms. The number of para-hydroxylation sites is 1. The lowest BCUT2D eigenvalue weighted by Crippen LogP contribution is -2.57. The number of rotatable bonds is 6. The maximum Gasteiger partial charge on any atom is 0.321 e. The average Bonchev–Trinajstić information content (AvgIpc) is 3.10. The number of carboxylic acids is 1. The van der Waals surface area contributed by atoms with Gasteiger partial charge in [0.1, 0.15) is 12.6 Å². The average molecular weight is 370 g/mol. The molecule has 0 radical (unpaired) electrons. The van der Waals surface area contributed by atoms with Crippen molar-refractivity contribution in [2.75, 3.05) is 13.7 Å². The zero-order valence-electron chi connectivity index (χ0n) is 15.5. The van der Waals surface area contributed by atoms with Crippen LogP contribution in [-0.2, 0) is 20.7 Å². The predicted octanol–water partition coefficient (Wildman–Crippen LogP) is 2.85. The van der Waals surface area contributed by atoms with Gasteiger partial charge in [-0.3, -0.25) is 10.1 Å². The summed E-state index contributed by atoms with van der Waals surface area (Å²) in [5, 5.41) is 14.2. The molecule has 0 saturated carbocycles. The first kappa shape index (κ1) is 18.1. The molecule has 4 unspecified atom stereocenters. The van der Waals surface area contributed by atoms with Crippen LogP contribution in [0.4, 0.5) is 0 Å². The molecule has 4 rings (SSSR count). The van der Waals surface area contributed by atoms with Crippen molar-refractivity contribution in [1.29, 1.82) is 0 Å². The second-order valence-corrected chi connectivity index (χ2v) is 7.38. The summed E-state index contributed by atoms with van der Waals surface area (Å²) in [5.74, 6) is 0.354. The zero-order valence-corrected chi connectivity index (χ0v) is 15.5. The van der Waals surface area contributed by atoms with E-state index in [9.17, 15) is 9.90 Å². The van der Waals surface area contributed by atoms with Crippen LogP contribution in [0.25, 0.3) is 10.9 Å². The van der Waals surface area contributed by atoms with E-state index in [0.717, 1.165) is 41.5 Å². The monoisotopic (exact) mass is 370 g/mol. The maximum absolute atomic E-state index is 11.9. The number of carboxylic acid groups (broad SMARTS) is 1. The third-order valence-corrected chi connectivity index (χ3v) is 5.74. The van der Waals surface area contributed by atoms with Crippen LogP contribution < -0.4 is 5.32 Å². The van der Waals surface area contributed by atoms with Gasteiger partial charge in [0.2, 0.25) is 0 Å². The van der Waals surface area contributed by atoms with E-state index in [1.807, 2.05) is 30.5 Å². The molecule has 27 heavy (non-hydrogen) atoms. The number of aromatic amines is 1. The van der Waals surface area contributed by atoms with Gasteiger partial charge in [0.15, 0.2) is 0 Å². The van der Waals surface area contributed by atoms with Crippen LogP contribution >= 0.6 is 0 Å². The molecular formula is C21H26N2O4. The van der Waals surface area contributed by atoms with Crippen molar-refractivity contribution in [3.63, 3.8) is 0 Å². The highest BCUT2D eigenvalue weighted by Gasteiger charge is 2.40. The molecule has 1 fully saturated rings. The van der Waals surface area contributed by atoms with Gasteiger partial charge >= 0.3 is 5.97 Å². The number of methoxy groups -OCH3 is 1. The summed E-state index contributed by atoms with van der Waals surface area (Å²) in [5.41, 5.74) is 2.01. The van der Waals surface area contributed by atoms with Gasteiger partial charge < -0.3 is 19.6 Å². The molecule has 1 aliphatic carbocycles. The van der Waals surface area contributed by atoms with Gasteiger partial charge in [0.05, 0.1) is 17.9 Å². The molecule has 2 aliphatic rings. The molecule has 1 aromatic carbocycles. The van der Waals surface area contributed by atoms with Gasteiger partial charge in [-0.2, -0.15) is 0 Å². The lowest BCUT2D eigenvalue weighted by Gasteiger charge is -2.41. The van der Waals surface area contributed by atoms with E-state index in [2.05, 4.69) is 16.4 Å². The van der Waals surface area contributed by atoms with Crippen LogP contribution in [0, 0.1) is 5.92 Å². The summed E-state index contributed by atoms with van der Waals surface area (Å²) in [6.45, 7) is 0.429. The van der Waals surface area contributed by atoms with E-state index < -0.39 is 12.0 Å². The van der Waals surface area contributed by atoms with Crippen LogP contribution in [0.1, 0.15) is 24.8 Å². The Balaban J connectivity index is 1.52. The maximum atomic E-state index is 11.9. The molecule has 1 aromatic heterocycles. The molecule has 6 heteroatoms. The SMILES string of the molecule is COC1C(NC(Cc2c[nH]c3ccccc23)C(=O)O)COC2=CCCCC21. The highest BCUT2D eigenvalue weighted by atomic mass is 16.5. The molecular weight excluding hydrogens is 344 g/mol. The van der Waals surface area contributed by atoms with Gasteiger partial charge in [-0.1, -0.05) is 18.2 Å². The van der Waals surface area contributed by atoms with E-state index in [1.165, 1.54) is 0 Å². The molecule has 4 atom stereocenters. The summed E-state index contributed by atoms with van der Waals surface area (Å²) >= 11 is 0. The fourth-order valence-corrected chi connectivity index (χ4v) is 4.40. The topological polar surface area (TPSA) is 83.6 Å². The highest BCUT2D eigenvalue weighted by molar-refractivity contribution is 5.84. The van der Waals surface area contributed by atoms with Crippen LogP contribution in [0.15, 0.2) is 42.3 Å². The Morgan fingerprint density at radius 3 is 3.11 bits per heavy atom. The number of hydrogen-bond acceptors (Lipinski definition) is 4. The number of fused-ring (bicyclic) bond motifs is 2. The van der Waals surface area contributed by atoms with Gasteiger partial charge in [-0.05, 0) is 37.0 Å². The first-order valence-electron chi connectivity index (χ1n) is 9.57. The van der Waals surface area contributed by atoms with E-state index in [4.69, 9.17) is 9.47 Å². The van der Waals surface area contributed by atoms with E-state index in [0.29, 0.717) is 13.0 Å². The molecule has 0 spiro atoms. The number of ether oxygens (including phenoxy) is 2. The Labute approximate surface area is 158 Å². The van der Waals surface area contributed by atoms with E-state index in [-0.39, 0.29) is 18.1 Å². The minimum Gasteiger partial charge on any atom is -0.496 e. The third-order valence-electron chi connectivity index (χ3n) is 5.74. The van der Waals surface area contributed by atoms with Crippen LogP contribution in [-0.4, -0.2) is 48.0 Å². The summed E-state index contributed by atoms with van der Waals surface area (Å²) in [4.78, 5) is 15.2. The Bertz CT molecular complexity index is 844. The highest BCUT2D eigenvalue weighted by Crippen LogP contribution is 2.35. The van der Waals surface area contributed by atoms with Gasteiger partial charge in [-0.15, -0.1) is 0 Å². The van der Waals surface area contributed by atoms with E-state index in [1.54, 1.807) is 7.11 Å². The lowest BCUT2D eigenvalue weighted by atomic mass is 9.83. The third kappa shape index (κ3) is 3.59.